The Morgan fingerprint density at radius 1 is 1.44 bits per heavy atom. The molecule has 0 fully saturated rings. The molecule has 2 rings (SSSR count). The van der Waals surface area contributed by atoms with Crippen LogP contribution in [0.1, 0.15) is 23.5 Å². The molecule has 3 nitrogen and oxygen atoms in total. The number of hydrogen-bond acceptors (Lipinski definition) is 4. The van der Waals surface area contributed by atoms with Crippen LogP contribution < -0.4 is 5.32 Å². The van der Waals surface area contributed by atoms with Crippen molar-refractivity contribution in [1.82, 2.24) is 9.97 Å². The molecule has 2 heterocycles. The first-order valence-corrected chi connectivity index (χ1v) is 6.62. The van der Waals surface area contributed by atoms with E-state index < -0.39 is 0 Å². The quantitative estimate of drug-likeness (QED) is 0.937. The van der Waals surface area contributed by atoms with Crippen LogP contribution >= 0.6 is 27.3 Å². The molecule has 84 valence electrons. The number of aromatic nitrogens is 2. The smallest absolute Gasteiger partial charge is 0.129 e. The first-order valence-electron chi connectivity index (χ1n) is 4.95. The Morgan fingerprint density at radius 2 is 2.25 bits per heavy atom. The molecular weight excluding hydrogens is 286 g/mol. The maximum absolute atomic E-state index is 4.35. The van der Waals surface area contributed by atoms with Crippen molar-refractivity contribution in [3.8, 4) is 0 Å². The molecule has 2 aromatic rings. The highest BCUT2D eigenvalue weighted by Gasteiger charge is 2.09. The van der Waals surface area contributed by atoms with Gasteiger partial charge >= 0.3 is 0 Å². The second-order valence-corrected chi connectivity index (χ2v) is 5.40. The first-order chi connectivity index (χ1) is 7.66. The highest BCUT2D eigenvalue weighted by Crippen LogP contribution is 2.23. The van der Waals surface area contributed by atoms with Crippen LogP contribution in [-0.4, -0.2) is 9.97 Å². The Balaban J connectivity index is 2.15. The summed E-state index contributed by atoms with van der Waals surface area (Å²) in [5.41, 5.74) is 1.12. The van der Waals surface area contributed by atoms with E-state index >= 15 is 0 Å². The fourth-order valence-corrected chi connectivity index (χ4v) is 2.50. The predicted octanol–water partition coefficient (Wildman–Crippen LogP) is 3.78. The van der Waals surface area contributed by atoms with E-state index in [1.807, 2.05) is 24.6 Å². The number of pyridine rings is 1. The van der Waals surface area contributed by atoms with Crippen molar-refractivity contribution >= 4 is 33.1 Å². The molecule has 0 aliphatic carbocycles. The van der Waals surface area contributed by atoms with Gasteiger partial charge in [0, 0.05) is 22.2 Å². The van der Waals surface area contributed by atoms with E-state index in [2.05, 4.69) is 38.1 Å². The third-order valence-electron chi connectivity index (χ3n) is 2.22. The van der Waals surface area contributed by atoms with Crippen LogP contribution in [0.5, 0.6) is 0 Å². The summed E-state index contributed by atoms with van der Waals surface area (Å²) in [6.45, 7) is 4.12. The maximum Gasteiger partial charge on any atom is 0.129 e. The zero-order valence-corrected chi connectivity index (χ0v) is 11.5. The van der Waals surface area contributed by atoms with Gasteiger partial charge < -0.3 is 5.32 Å². The number of anilines is 1. The van der Waals surface area contributed by atoms with Gasteiger partial charge in [0.25, 0.3) is 0 Å². The average molecular weight is 298 g/mol. The topological polar surface area (TPSA) is 37.8 Å². The Kier molecular flexibility index (Phi) is 3.56. The first kappa shape index (κ1) is 11.5. The summed E-state index contributed by atoms with van der Waals surface area (Å²) >= 11 is 5.05. The molecule has 1 N–H and O–H groups in total. The lowest BCUT2D eigenvalue weighted by atomic mass is 10.2. The highest BCUT2D eigenvalue weighted by molar-refractivity contribution is 9.10. The van der Waals surface area contributed by atoms with E-state index in [1.54, 1.807) is 17.5 Å². The zero-order chi connectivity index (χ0) is 11.5. The summed E-state index contributed by atoms with van der Waals surface area (Å²) in [5.74, 6) is 0.908. The summed E-state index contributed by atoms with van der Waals surface area (Å²) in [4.78, 5) is 8.63. The Bertz CT molecular complexity index is 470. The molecule has 0 aliphatic rings. The third-order valence-corrected chi connectivity index (χ3v) is 3.61. The van der Waals surface area contributed by atoms with Gasteiger partial charge in [0.15, 0.2) is 0 Å². The van der Waals surface area contributed by atoms with Crippen LogP contribution in [0.2, 0.25) is 0 Å². The van der Waals surface area contributed by atoms with Gasteiger partial charge in [-0.25, -0.2) is 9.97 Å². The van der Waals surface area contributed by atoms with Crippen molar-refractivity contribution in [2.75, 3.05) is 5.32 Å². The summed E-state index contributed by atoms with van der Waals surface area (Å²) in [5, 5.41) is 6.41. The van der Waals surface area contributed by atoms with Crippen LogP contribution in [0.25, 0.3) is 0 Å². The van der Waals surface area contributed by atoms with Gasteiger partial charge in [-0.1, -0.05) is 0 Å². The molecule has 16 heavy (non-hydrogen) atoms. The summed E-state index contributed by atoms with van der Waals surface area (Å²) < 4.78 is 0.998. The number of halogens is 1. The molecule has 0 radical (unpaired) electrons. The highest BCUT2D eigenvalue weighted by atomic mass is 79.9. The molecule has 2 aromatic heterocycles. The van der Waals surface area contributed by atoms with Crippen molar-refractivity contribution in [3.63, 3.8) is 0 Å². The van der Waals surface area contributed by atoms with Crippen molar-refractivity contribution in [3.05, 3.63) is 38.9 Å². The summed E-state index contributed by atoms with van der Waals surface area (Å²) in [6, 6.07) is 2.23. The van der Waals surface area contributed by atoms with Gasteiger partial charge in [-0.05, 0) is 41.4 Å². The Morgan fingerprint density at radius 3 is 2.88 bits per heavy atom. The van der Waals surface area contributed by atoms with Gasteiger partial charge in [-0.15, -0.1) is 11.3 Å². The van der Waals surface area contributed by atoms with Crippen molar-refractivity contribution in [2.24, 2.45) is 0 Å². The number of aryl methyl sites for hydroxylation is 1. The molecule has 0 saturated carbocycles. The molecule has 1 unspecified atom stereocenters. The SMILES string of the molecule is Cc1cc(Br)cnc1NC(C)c1nccs1. The van der Waals surface area contributed by atoms with Gasteiger partial charge in [0.1, 0.15) is 10.8 Å². The van der Waals surface area contributed by atoms with Crippen LogP contribution in [-0.2, 0) is 0 Å². The van der Waals surface area contributed by atoms with Crippen molar-refractivity contribution < 1.29 is 0 Å². The molecule has 0 spiro atoms. The minimum atomic E-state index is 0.187. The van der Waals surface area contributed by atoms with Gasteiger partial charge in [0.2, 0.25) is 0 Å². The van der Waals surface area contributed by atoms with Crippen LogP contribution in [0.15, 0.2) is 28.3 Å². The van der Waals surface area contributed by atoms with E-state index in [1.165, 1.54) is 0 Å². The average Bonchev–Trinajstić information content (AvgIpc) is 2.75. The van der Waals surface area contributed by atoms with E-state index in [-0.39, 0.29) is 6.04 Å². The molecule has 0 aromatic carbocycles. The molecule has 0 saturated heterocycles. The molecule has 0 amide bonds. The van der Waals surface area contributed by atoms with Gasteiger partial charge in [-0.3, -0.25) is 0 Å². The molecule has 5 heteroatoms. The second-order valence-electron chi connectivity index (χ2n) is 3.56. The van der Waals surface area contributed by atoms with Crippen LogP contribution in [0.3, 0.4) is 0 Å². The maximum atomic E-state index is 4.35. The summed E-state index contributed by atoms with van der Waals surface area (Å²) in [6.07, 6.45) is 3.62. The van der Waals surface area contributed by atoms with Gasteiger partial charge in [0.05, 0.1) is 6.04 Å². The normalized spacial score (nSPS) is 12.4. The largest absolute Gasteiger partial charge is 0.361 e. The minimum Gasteiger partial charge on any atom is -0.361 e. The zero-order valence-electron chi connectivity index (χ0n) is 9.07. The number of nitrogens with zero attached hydrogens (tertiary/aromatic N) is 2. The molecular formula is C11H12BrN3S. The van der Waals surface area contributed by atoms with Crippen LogP contribution in [0, 0.1) is 6.92 Å². The van der Waals surface area contributed by atoms with Crippen LogP contribution in [0.4, 0.5) is 5.82 Å². The summed E-state index contributed by atoms with van der Waals surface area (Å²) in [7, 11) is 0. The number of rotatable bonds is 3. The lowest BCUT2D eigenvalue weighted by molar-refractivity contribution is 0.858. The molecule has 0 aliphatic heterocycles. The van der Waals surface area contributed by atoms with E-state index in [0.29, 0.717) is 0 Å². The fourth-order valence-electron chi connectivity index (χ4n) is 1.41. The predicted molar refractivity (Wildman–Crippen MR) is 70.8 cm³/mol. The number of nitrogens with one attached hydrogen (secondary N) is 1. The van der Waals surface area contributed by atoms with Crippen molar-refractivity contribution in [2.45, 2.75) is 19.9 Å². The Hall–Kier alpha value is -0.940. The number of thiazole rings is 1. The standard InChI is InChI=1S/C11H12BrN3S/c1-7-5-9(12)6-14-10(7)15-8(2)11-13-3-4-16-11/h3-6,8H,1-2H3,(H,14,15). The van der Waals surface area contributed by atoms with Crippen molar-refractivity contribution in [1.29, 1.82) is 0 Å². The monoisotopic (exact) mass is 297 g/mol. The molecule has 0 bridgehead atoms. The lowest BCUT2D eigenvalue weighted by Gasteiger charge is -2.13. The minimum absolute atomic E-state index is 0.187. The number of hydrogen-bond donors (Lipinski definition) is 1. The van der Waals surface area contributed by atoms with Gasteiger partial charge in [-0.2, -0.15) is 0 Å². The molecule has 1 atom stereocenters. The van der Waals surface area contributed by atoms with E-state index in [9.17, 15) is 0 Å². The Labute approximate surface area is 107 Å². The second kappa shape index (κ2) is 4.93. The lowest BCUT2D eigenvalue weighted by Crippen LogP contribution is -2.08. The van der Waals surface area contributed by atoms with E-state index in [4.69, 9.17) is 0 Å². The fraction of sp³-hybridized carbons (Fsp3) is 0.273. The van der Waals surface area contributed by atoms with E-state index in [0.717, 1.165) is 20.9 Å². The third kappa shape index (κ3) is 2.59.